The van der Waals surface area contributed by atoms with Crippen LogP contribution in [0.4, 0.5) is 0 Å². The predicted octanol–water partition coefficient (Wildman–Crippen LogP) is -3.83. The number of thioether (sulfide) groups is 2. The van der Waals surface area contributed by atoms with Crippen molar-refractivity contribution in [3.63, 3.8) is 0 Å². The molecule has 164 valence electrons. The Hall–Kier alpha value is -1.36. The van der Waals surface area contributed by atoms with Crippen LogP contribution >= 0.6 is 46.2 Å². The first kappa shape index (κ1) is 25.3. The Morgan fingerprint density at radius 2 is 2.19 bits per heavy atom. The number of aryl methyl sites for hydroxylation is 1. The summed E-state index contributed by atoms with van der Waals surface area (Å²) in [5.74, 6) is -1.76. The number of nitrogens with one attached hydrogen (secondary N) is 2. The molecule has 2 unspecified atom stereocenters. The van der Waals surface area contributed by atoms with E-state index in [0.717, 1.165) is 21.2 Å². The summed E-state index contributed by atoms with van der Waals surface area (Å²) < 4.78 is 1.31. The van der Waals surface area contributed by atoms with Gasteiger partial charge in [0, 0.05) is 16.9 Å². The first-order valence-corrected chi connectivity index (χ1v) is 12.5. The first-order valence-electron chi connectivity index (χ1n) is 8.80. The first-order chi connectivity index (χ1) is 14.8. The topological polar surface area (TPSA) is 164 Å². The van der Waals surface area contributed by atoms with E-state index in [2.05, 4.69) is 15.5 Å². The monoisotopic (exact) mass is 522 g/mol. The zero-order valence-corrected chi connectivity index (χ0v) is 22.1. The SMILES string of the molecule is Cc1nnc(SCC2=C(C(=O)[O-])N3C(=O)C(NC(=O)Cc4csc(=N)n4O)C3SC2)s1.[Na+]. The number of nitrogens with zero attached hydrogens (tertiary/aromatic N) is 4. The number of thiazole rings is 1. The molecule has 2 atom stereocenters. The molecule has 4 heterocycles. The number of amides is 2. The molecular formula is C16H15N6NaO5S4. The molecule has 32 heavy (non-hydrogen) atoms. The molecule has 1 fully saturated rings. The molecule has 0 radical (unpaired) electrons. The Morgan fingerprint density at radius 3 is 2.78 bits per heavy atom. The van der Waals surface area contributed by atoms with Gasteiger partial charge in [0.15, 0.2) is 4.34 Å². The second-order valence-corrected chi connectivity index (χ2v) is 11.0. The molecule has 0 aromatic carbocycles. The zero-order valence-electron chi connectivity index (χ0n) is 16.9. The van der Waals surface area contributed by atoms with E-state index < -0.39 is 29.2 Å². The van der Waals surface area contributed by atoms with Crippen molar-refractivity contribution in [2.75, 3.05) is 11.5 Å². The average molecular weight is 523 g/mol. The number of carbonyl (C=O) groups excluding carboxylic acids is 3. The summed E-state index contributed by atoms with van der Waals surface area (Å²) in [5.41, 5.74) is 0.631. The smallest absolute Gasteiger partial charge is 0.543 e. The summed E-state index contributed by atoms with van der Waals surface area (Å²) in [6.07, 6.45) is -0.209. The third kappa shape index (κ3) is 4.93. The van der Waals surface area contributed by atoms with Gasteiger partial charge < -0.3 is 20.4 Å². The Balaban J connectivity index is 0.00000289. The van der Waals surface area contributed by atoms with Gasteiger partial charge in [-0.3, -0.25) is 19.9 Å². The van der Waals surface area contributed by atoms with Crippen LogP contribution < -0.4 is 44.8 Å². The number of aliphatic carboxylic acids is 1. The molecule has 0 spiro atoms. The molecule has 2 amide bonds. The maximum atomic E-state index is 12.7. The number of hydrogen-bond acceptors (Lipinski definition) is 12. The van der Waals surface area contributed by atoms with Crippen LogP contribution in [0.25, 0.3) is 0 Å². The Kier molecular flexibility index (Phi) is 8.11. The van der Waals surface area contributed by atoms with Gasteiger partial charge in [-0.25, -0.2) is 0 Å². The Labute approximate surface area is 220 Å². The molecule has 2 aliphatic heterocycles. The van der Waals surface area contributed by atoms with Crippen molar-refractivity contribution in [1.29, 1.82) is 5.41 Å². The van der Waals surface area contributed by atoms with Crippen LogP contribution in [0, 0.1) is 12.3 Å². The van der Waals surface area contributed by atoms with Crippen LogP contribution in [0.15, 0.2) is 21.0 Å². The maximum Gasteiger partial charge on any atom is 1.00 e. The predicted molar refractivity (Wildman–Crippen MR) is 111 cm³/mol. The minimum atomic E-state index is -1.44. The third-order valence-electron chi connectivity index (χ3n) is 4.55. The van der Waals surface area contributed by atoms with Crippen molar-refractivity contribution in [2.24, 2.45) is 0 Å². The van der Waals surface area contributed by atoms with E-state index in [0.29, 0.717) is 26.1 Å². The molecule has 0 bridgehead atoms. The quantitative estimate of drug-likeness (QED) is 0.143. The van der Waals surface area contributed by atoms with Crippen molar-refractivity contribution in [2.45, 2.75) is 29.1 Å². The second kappa shape index (κ2) is 10.3. The molecule has 16 heteroatoms. The zero-order chi connectivity index (χ0) is 22.3. The van der Waals surface area contributed by atoms with Crippen LogP contribution in [0.2, 0.25) is 0 Å². The van der Waals surface area contributed by atoms with Crippen molar-refractivity contribution in [3.05, 3.63) is 32.2 Å². The summed E-state index contributed by atoms with van der Waals surface area (Å²) >= 11 is 5.08. The Morgan fingerprint density at radius 1 is 1.44 bits per heavy atom. The van der Waals surface area contributed by atoms with Crippen LogP contribution in [0.1, 0.15) is 10.7 Å². The second-order valence-electron chi connectivity index (χ2n) is 6.59. The summed E-state index contributed by atoms with van der Waals surface area (Å²) in [4.78, 5) is 37.8. The van der Waals surface area contributed by atoms with Gasteiger partial charge >= 0.3 is 29.6 Å². The Bertz CT molecular complexity index is 1160. The van der Waals surface area contributed by atoms with Gasteiger partial charge in [0.1, 0.15) is 16.4 Å². The summed E-state index contributed by atoms with van der Waals surface area (Å²) in [6.45, 7) is 1.83. The molecule has 1 saturated heterocycles. The molecule has 4 rings (SSSR count). The minimum absolute atomic E-state index is 0. The van der Waals surface area contributed by atoms with E-state index in [1.165, 1.54) is 40.2 Å². The summed E-state index contributed by atoms with van der Waals surface area (Å²) in [5, 5.41) is 41.2. The van der Waals surface area contributed by atoms with E-state index in [1.807, 2.05) is 6.92 Å². The maximum absolute atomic E-state index is 12.7. The fraction of sp³-hybridized carbons (Fsp3) is 0.375. The number of carboxylic acids is 1. The fourth-order valence-electron chi connectivity index (χ4n) is 3.13. The average Bonchev–Trinajstić information content (AvgIpc) is 3.29. The fourth-order valence-corrected chi connectivity index (χ4v) is 7.08. The molecular weight excluding hydrogens is 507 g/mol. The standard InChI is InChI=1S/C16H16N6O5S4.Na/c1-6-19-20-16(31-6)30-4-7-3-28-13-10(12(24)21(13)11(7)14(25)26)18-9(23)2-8-5-29-15(17)22(8)27;/h5,10,13,17,27H,2-4H2,1H3,(H,18,23)(H,25,26);/q;+1/p-1. The van der Waals surface area contributed by atoms with Gasteiger partial charge in [0.2, 0.25) is 10.7 Å². The van der Waals surface area contributed by atoms with E-state index >= 15 is 0 Å². The number of aromatic nitrogens is 3. The van der Waals surface area contributed by atoms with Gasteiger partial charge in [-0.15, -0.1) is 33.3 Å². The van der Waals surface area contributed by atoms with E-state index in [-0.39, 0.29) is 52.2 Å². The number of fused-ring (bicyclic) bond motifs is 1. The molecule has 11 nitrogen and oxygen atoms in total. The van der Waals surface area contributed by atoms with E-state index in [4.69, 9.17) is 5.41 Å². The van der Waals surface area contributed by atoms with Gasteiger partial charge in [-0.1, -0.05) is 23.1 Å². The number of carboxylic acid groups (broad SMARTS) is 1. The third-order valence-corrected chi connectivity index (χ3v) is 8.73. The van der Waals surface area contributed by atoms with Crippen molar-refractivity contribution >= 4 is 64.0 Å². The molecule has 3 N–H and O–H groups in total. The number of rotatable bonds is 7. The number of carbonyl (C=O) groups is 3. The minimum Gasteiger partial charge on any atom is -0.543 e. The van der Waals surface area contributed by atoms with Crippen molar-refractivity contribution < 1.29 is 54.3 Å². The van der Waals surface area contributed by atoms with Gasteiger partial charge in [0.05, 0.1) is 23.8 Å². The summed E-state index contributed by atoms with van der Waals surface area (Å²) in [7, 11) is 0. The molecule has 2 aliphatic rings. The van der Waals surface area contributed by atoms with Crippen LogP contribution in [-0.2, 0) is 20.8 Å². The number of hydrogen-bond donors (Lipinski definition) is 3. The molecule has 2 aromatic heterocycles. The molecule has 0 saturated carbocycles. The van der Waals surface area contributed by atoms with Crippen LogP contribution in [-0.4, -0.2) is 65.7 Å². The van der Waals surface area contributed by atoms with Gasteiger partial charge in [-0.2, -0.15) is 4.73 Å². The van der Waals surface area contributed by atoms with Gasteiger partial charge in [0.25, 0.3) is 5.91 Å². The summed E-state index contributed by atoms with van der Waals surface area (Å²) in [6, 6.07) is -0.867. The van der Waals surface area contributed by atoms with Crippen LogP contribution in [0.5, 0.6) is 0 Å². The molecule has 0 aliphatic carbocycles. The van der Waals surface area contributed by atoms with Crippen molar-refractivity contribution in [3.8, 4) is 0 Å². The number of β-lactam (4-membered cyclic amide) rings is 1. The van der Waals surface area contributed by atoms with Gasteiger partial charge in [-0.05, 0) is 12.5 Å². The largest absolute Gasteiger partial charge is 1.00 e. The normalized spacial score (nSPS) is 19.8. The molecule has 2 aromatic rings. The van der Waals surface area contributed by atoms with Crippen molar-refractivity contribution in [1.82, 2.24) is 25.1 Å². The van der Waals surface area contributed by atoms with E-state index in [9.17, 15) is 24.7 Å². The van der Waals surface area contributed by atoms with Crippen LogP contribution in [0.3, 0.4) is 0 Å². The van der Waals surface area contributed by atoms with E-state index in [1.54, 1.807) is 0 Å².